The van der Waals surface area contributed by atoms with E-state index in [-0.39, 0.29) is 12.0 Å². The van der Waals surface area contributed by atoms with Gasteiger partial charge >= 0.3 is 0 Å². The Balaban J connectivity index is 1.26. The lowest BCUT2D eigenvalue weighted by Crippen LogP contribution is -2.39. The molecule has 0 radical (unpaired) electrons. The van der Waals surface area contributed by atoms with Gasteiger partial charge in [0.25, 0.3) is 0 Å². The van der Waals surface area contributed by atoms with E-state index in [1.807, 2.05) is 21.6 Å². The van der Waals surface area contributed by atoms with E-state index in [4.69, 9.17) is 4.74 Å². The van der Waals surface area contributed by atoms with Crippen molar-refractivity contribution in [3.8, 4) is 5.88 Å². The van der Waals surface area contributed by atoms with Crippen LogP contribution in [0.2, 0.25) is 0 Å². The molecule has 2 heterocycles. The zero-order chi connectivity index (χ0) is 17.3. The molecule has 1 amide bonds. The zero-order valence-corrected chi connectivity index (χ0v) is 16.2. The highest BCUT2D eigenvalue weighted by atomic mass is 33.1. The minimum absolute atomic E-state index is 0.187. The van der Waals surface area contributed by atoms with Crippen molar-refractivity contribution in [1.29, 1.82) is 0 Å². The summed E-state index contributed by atoms with van der Waals surface area (Å²) < 4.78 is 5.85. The molecular weight excluding hydrogens is 354 g/mol. The molecule has 1 N–H and O–H groups in total. The Labute approximate surface area is 157 Å². The Bertz CT molecular complexity index is 518. The van der Waals surface area contributed by atoms with Gasteiger partial charge in [-0.15, -0.1) is 0 Å². The van der Waals surface area contributed by atoms with Gasteiger partial charge in [0.2, 0.25) is 11.8 Å². The monoisotopic (exact) mass is 381 g/mol. The van der Waals surface area contributed by atoms with Crippen LogP contribution in [0.25, 0.3) is 0 Å². The topological polar surface area (TPSA) is 64.1 Å². The highest BCUT2D eigenvalue weighted by Crippen LogP contribution is 2.39. The molecule has 1 atom stereocenters. The fraction of sp³-hybridized carbons (Fsp3) is 0.722. The van der Waals surface area contributed by atoms with Crippen LogP contribution in [0.3, 0.4) is 0 Å². The Hall–Kier alpha value is -0.950. The standard InChI is InChI=1S/C18H27N3O2S2/c22-17(4-2-1-3-16-9-12-24-25-16)21-14-5-7-15(8-6-14)23-18-13-19-10-11-20-18/h10-11,13-16H,1-9,12H2,(H,21,22). The predicted octanol–water partition coefficient (Wildman–Crippen LogP) is 4.00. The van der Waals surface area contributed by atoms with Gasteiger partial charge < -0.3 is 10.1 Å². The maximum atomic E-state index is 12.1. The first-order chi connectivity index (χ1) is 12.3. The summed E-state index contributed by atoms with van der Waals surface area (Å²) in [5.41, 5.74) is 0. The van der Waals surface area contributed by atoms with E-state index >= 15 is 0 Å². The Morgan fingerprint density at radius 3 is 2.80 bits per heavy atom. The number of carbonyl (C=O) groups excluding carboxylic acids is 1. The minimum Gasteiger partial charge on any atom is -0.473 e. The minimum atomic E-state index is 0.187. The molecule has 2 aliphatic rings. The van der Waals surface area contributed by atoms with Crippen molar-refractivity contribution in [2.75, 3.05) is 5.75 Å². The lowest BCUT2D eigenvalue weighted by molar-refractivity contribution is -0.122. The molecule has 0 spiro atoms. The largest absolute Gasteiger partial charge is 0.473 e. The third-order valence-electron chi connectivity index (χ3n) is 4.77. The van der Waals surface area contributed by atoms with Crippen LogP contribution in [0.15, 0.2) is 18.6 Å². The number of rotatable bonds is 8. The van der Waals surface area contributed by atoms with Gasteiger partial charge in [0.05, 0.1) is 6.20 Å². The normalized spacial score (nSPS) is 26.3. The average molecular weight is 382 g/mol. The van der Waals surface area contributed by atoms with E-state index in [2.05, 4.69) is 15.3 Å². The molecule has 1 saturated carbocycles. The van der Waals surface area contributed by atoms with Gasteiger partial charge in [-0.25, -0.2) is 4.98 Å². The van der Waals surface area contributed by atoms with E-state index in [0.717, 1.165) is 37.4 Å². The maximum Gasteiger partial charge on any atom is 0.232 e. The molecule has 25 heavy (non-hydrogen) atoms. The summed E-state index contributed by atoms with van der Waals surface area (Å²) in [6.07, 6.45) is 14.4. The molecular formula is C18H27N3O2S2. The van der Waals surface area contributed by atoms with Gasteiger partial charge in [-0.2, -0.15) is 0 Å². The second-order valence-electron chi connectivity index (χ2n) is 6.78. The molecule has 1 aromatic rings. The summed E-state index contributed by atoms with van der Waals surface area (Å²) in [4.78, 5) is 20.3. The van der Waals surface area contributed by atoms with Crippen LogP contribution < -0.4 is 10.1 Å². The Kier molecular flexibility index (Phi) is 7.73. The fourth-order valence-electron chi connectivity index (χ4n) is 3.36. The molecule has 7 heteroatoms. The fourth-order valence-corrected chi connectivity index (χ4v) is 6.39. The van der Waals surface area contributed by atoms with Crippen LogP contribution in [0.5, 0.6) is 5.88 Å². The molecule has 2 fully saturated rings. The highest BCUT2D eigenvalue weighted by molar-refractivity contribution is 8.77. The third-order valence-corrected chi connectivity index (χ3v) is 7.78. The van der Waals surface area contributed by atoms with E-state index in [1.165, 1.54) is 25.0 Å². The maximum absolute atomic E-state index is 12.1. The molecule has 138 valence electrons. The van der Waals surface area contributed by atoms with Gasteiger partial charge in [0.1, 0.15) is 6.10 Å². The summed E-state index contributed by atoms with van der Waals surface area (Å²) in [6.45, 7) is 0. The van der Waals surface area contributed by atoms with Gasteiger partial charge in [-0.1, -0.05) is 28.0 Å². The number of amides is 1. The van der Waals surface area contributed by atoms with E-state index < -0.39 is 0 Å². The summed E-state index contributed by atoms with van der Waals surface area (Å²) in [7, 11) is 4.02. The summed E-state index contributed by atoms with van der Waals surface area (Å²) in [6, 6.07) is 0.302. The van der Waals surface area contributed by atoms with Crippen LogP contribution in [0.1, 0.15) is 57.8 Å². The zero-order valence-electron chi connectivity index (χ0n) is 14.6. The smallest absolute Gasteiger partial charge is 0.232 e. The van der Waals surface area contributed by atoms with Gasteiger partial charge in [0, 0.05) is 35.9 Å². The number of hydrogen-bond acceptors (Lipinski definition) is 6. The number of carbonyl (C=O) groups is 1. The predicted molar refractivity (Wildman–Crippen MR) is 104 cm³/mol. The van der Waals surface area contributed by atoms with Gasteiger partial charge in [-0.05, 0) is 44.9 Å². The van der Waals surface area contributed by atoms with Gasteiger partial charge in [-0.3, -0.25) is 9.78 Å². The molecule has 0 bridgehead atoms. The van der Waals surface area contributed by atoms with Crippen molar-refractivity contribution in [2.45, 2.75) is 75.2 Å². The summed E-state index contributed by atoms with van der Waals surface area (Å²) in [5.74, 6) is 2.10. The van der Waals surface area contributed by atoms with E-state index in [0.29, 0.717) is 18.3 Å². The van der Waals surface area contributed by atoms with Crippen LogP contribution in [-0.4, -0.2) is 39.0 Å². The van der Waals surface area contributed by atoms with Crippen LogP contribution >= 0.6 is 21.6 Å². The molecule has 0 aromatic carbocycles. The third kappa shape index (κ3) is 6.70. The molecule has 5 nitrogen and oxygen atoms in total. The van der Waals surface area contributed by atoms with Crippen molar-refractivity contribution in [1.82, 2.24) is 15.3 Å². The quantitative estimate of drug-likeness (QED) is 0.542. The number of unbranched alkanes of at least 4 members (excludes halogenated alkanes) is 1. The Morgan fingerprint density at radius 2 is 2.08 bits per heavy atom. The number of ether oxygens (including phenoxy) is 1. The lowest BCUT2D eigenvalue weighted by Gasteiger charge is -2.29. The molecule has 1 saturated heterocycles. The van der Waals surface area contributed by atoms with Gasteiger partial charge in [0.15, 0.2) is 0 Å². The lowest BCUT2D eigenvalue weighted by atomic mass is 9.93. The van der Waals surface area contributed by atoms with E-state index in [1.54, 1.807) is 18.6 Å². The summed E-state index contributed by atoms with van der Waals surface area (Å²) in [5, 5.41) is 4.02. The molecule has 1 aliphatic carbocycles. The second kappa shape index (κ2) is 10.3. The van der Waals surface area contributed by atoms with Crippen molar-refractivity contribution < 1.29 is 9.53 Å². The first-order valence-corrected chi connectivity index (χ1v) is 11.7. The molecule has 1 aromatic heterocycles. The number of aromatic nitrogens is 2. The first-order valence-electron chi connectivity index (χ1n) is 9.30. The van der Waals surface area contributed by atoms with Crippen LogP contribution in [0.4, 0.5) is 0 Å². The first kappa shape index (κ1) is 18.8. The Morgan fingerprint density at radius 1 is 1.20 bits per heavy atom. The van der Waals surface area contributed by atoms with E-state index in [9.17, 15) is 4.79 Å². The average Bonchev–Trinajstić information content (AvgIpc) is 3.15. The van der Waals surface area contributed by atoms with Crippen LogP contribution in [-0.2, 0) is 4.79 Å². The van der Waals surface area contributed by atoms with Crippen molar-refractivity contribution >= 4 is 27.5 Å². The van der Waals surface area contributed by atoms with Crippen molar-refractivity contribution in [2.24, 2.45) is 0 Å². The molecule has 3 rings (SSSR count). The second-order valence-corrected chi connectivity index (χ2v) is 9.56. The molecule has 1 unspecified atom stereocenters. The number of nitrogens with one attached hydrogen (secondary N) is 1. The van der Waals surface area contributed by atoms with Crippen LogP contribution in [0, 0.1) is 0 Å². The molecule has 1 aliphatic heterocycles. The number of nitrogens with zero attached hydrogens (tertiary/aromatic N) is 2. The van der Waals surface area contributed by atoms with Crippen molar-refractivity contribution in [3.63, 3.8) is 0 Å². The SMILES string of the molecule is O=C(CCCCC1CCSS1)NC1CCC(Oc2cnccn2)CC1. The highest BCUT2D eigenvalue weighted by Gasteiger charge is 2.24. The number of hydrogen-bond donors (Lipinski definition) is 1. The van der Waals surface area contributed by atoms with Crippen molar-refractivity contribution in [3.05, 3.63) is 18.6 Å². The summed E-state index contributed by atoms with van der Waals surface area (Å²) >= 11 is 0.